The fraction of sp³-hybridized carbons (Fsp3) is 0.464. The van der Waals surface area contributed by atoms with E-state index in [-0.39, 0.29) is 23.4 Å². The molecule has 0 saturated carbocycles. The van der Waals surface area contributed by atoms with E-state index in [4.69, 9.17) is 14.2 Å². The summed E-state index contributed by atoms with van der Waals surface area (Å²) in [7, 11) is 1.42. The Labute approximate surface area is 190 Å². The largest absolute Gasteiger partial charge is 0.492 e. The highest BCUT2D eigenvalue weighted by Crippen LogP contribution is 2.47. The lowest BCUT2D eigenvalue weighted by atomic mass is 9.72. The van der Waals surface area contributed by atoms with Gasteiger partial charge >= 0.3 is 5.97 Å². The van der Waals surface area contributed by atoms with Crippen molar-refractivity contribution < 1.29 is 19.0 Å². The van der Waals surface area contributed by atoms with Gasteiger partial charge in [-0.1, -0.05) is 44.2 Å². The number of benzene rings is 2. The van der Waals surface area contributed by atoms with Gasteiger partial charge in [-0.3, -0.25) is 4.79 Å². The molecule has 4 nitrogen and oxygen atoms in total. The summed E-state index contributed by atoms with van der Waals surface area (Å²) in [6.45, 7) is 5.26. The first-order valence-corrected chi connectivity index (χ1v) is 11.8. The molecule has 0 radical (unpaired) electrons. The number of carbonyl (C=O) groups excluding carboxylic acids is 1. The van der Waals surface area contributed by atoms with Crippen molar-refractivity contribution in [2.45, 2.75) is 64.4 Å². The molecule has 168 valence electrons. The van der Waals surface area contributed by atoms with Crippen molar-refractivity contribution >= 4 is 11.5 Å². The minimum atomic E-state index is -0.207. The van der Waals surface area contributed by atoms with E-state index < -0.39 is 0 Å². The van der Waals surface area contributed by atoms with Gasteiger partial charge in [0.15, 0.2) is 0 Å². The minimum Gasteiger partial charge on any atom is -0.492 e. The first kappa shape index (κ1) is 21.1. The second-order valence-electron chi connectivity index (χ2n) is 9.90. The first-order valence-electron chi connectivity index (χ1n) is 11.8. The Balaban J connectivity index is 1.37. The molecule has 2 atom stereocenters. The number of ether oxygens (including phenoxy) is 3. The van der Waals surface area contributed by atoms with Crippen LogP contribution in [0.1, 0.15) is 80.2 Å². The van der Waals surface area contributed by atoms with Crippen LogP contribution in [0.25, 0.3) is 5.57 Å². The SMILES string of the molecule is COC(=O)CC1COc2cc(O[C@@H]3CCc4c(C5=CCCCC5(C)C)cccc43)ccc21. The maximum absolute atomic E-state index is 11.7. The van der Waals surface area contributed by atoms with Gasteiger partial charge in [0.25, 0.3) is 0 Å². The number of methoxy groups -OCH3 is 1. The molecule has 0 saturated heterocycles. The number of hydrogen-bond donors (Lipinski definition) is 0. The molecule has 0 aromatic heterocycles. The Morgan fingerprint density at radius 2 is 2.06 bits per heavy atom. The Kier molecular flexibility index (Phi) is 5.48. The lowest BCUT2D eigenvalue weighted by Crippen LogP contribution is -2.18. The predicted octanol–water partition coefficient (Wildman–Crippen LogP) is 6.39. The Morgan fingerprint density at radius 3 is 2.88 bits per heavy atom. The zero-order chi connectivity index (χ0) is 22.3. The van der Waals surface area contributed by atoms with Crippen LogP contribution in [0, 0.1) is 5.41 Å². The van der Waals surface area contributed by atoms with E-state index in [9.17, 15) is 4.79 Å². The topological polar surface area (TPSA) is 44.8 Å². The monoisotopic (exact) mass is 432 g/mol. The summed E-state index contributed by atoms with van der Waals surface area (Å²) in [5, 5.41) is 0. The van der Waals surface area contributed by atoms with Crippen molar-refractivity contribution in [3.05, 3.63) is 64.7 Å². The van der Waals surface area contributed by atoms with E-state index in [2.05, 4.69) is 38.1 Å². The van der Waals surface area contributed by atoms with Crippen molar-refractivity contribution in [1.82, 2.24) is 0 Å². The van der Waals surface area contributed by atoms with Crippen LogP contribution in [0.15, 0.2) is 42.5 Å². The average Bonchev–Trinajstić information content (AvgIpc) is 3.37. The fourth-order valence-corrected chi connectivity index (χ4v) is 5.62. The van der Waals surface area contributed by atoms with Crippen molar-refractivity contribution in [1.29, 1.82) is 0 Å². The third-order valence-electron chi connectivity index (χ3n) is 7.37. The van der Waals surface area contributed by atoms with Crippen LogP contribution in [0.5, 0.6) is 11.5 Å². The van der Waals surface area contributed by atoms with Gasteiger partial charge in [0.1, 0.15) is 17.6 Å². The van der Waals surface area contributed by atoms with Gasteiger partial charge in [-0.25, -0.2) is 0 Å². The van der Waals surface area contributed by atoms with Crippen LogP contribution < -0.4 is 9.47 Å². The van der Waals surface area contributed by atoms with Crippen molar-refractivity contribution in [3.63, 3.8) is 0 Å². The molecule has 1 aliphatic heterocycles. The summed E-state index contributed by atoms with van der Waals surface area (Å²) in [5.41, 5.74) is 6.97. The van der Waals surface area contributed by atoms with Crippen LogP contribution in [0.3, 0.4) is 0 Å². The number of rotatable bonds is 5. The van der Waals surface area contributed by atoms with Gasteiger partial charge in [-0.2, -0.15) is 0 Å². The van der Waals surface area contributed by atoms with Crippen LogP contribution in [0.4, 0.5) is 0 Å². The summed E-state index contributed by atoms with van der Waals surface area (Å²) in [4.78, 5) is 11.7. The van der Waals surface area contributed by atoms with Gasteiger partial charge in [0.2, 0.25) is 0 Å². The molecule has 0 fully saturated rings. The summed E-state index contributed by atoms with van der Waals surface area (Å²) in [6.07, 6.45) is 8.59. The summed E-state index contributed by atoms with van der Waals surface area (Å²) in [6, 6.07) is 12.7. The van der Waals surface area contributed by atoms with E-state index in [1.807, 2.05) is 18.2 Å². The van der Waals surface area contributed by atoms with Gasteiger partial charge in [0.05, 0.1) is 20.1 Å². The Morgan fingerprint density at radius 1 is 1.19 bits per heavy atom. The lowest BCUT2D eigenvalue weighted by molar-refractivity contribution is -0.141. The summed E-state index contributed by atoms with van der Waals surface area (Å²) >= 11 is 0. The summed E-state index contributed by atoms with van der Waals surface area (Å²) in [5.74, 6) is 1.48. The fourth-order valence-electron chi connectivity index (χ4n) is 5.62. The summed E-state index contributed by atoms with van der Waals surface area (Å²) < 4.78 is 17.1. The molecule has 0 spiro atoms. The van der Waals surface area contributed by atoms with E-state index in [1.165, 1.54) is 48.6 Å². The number of hydrogen-bond acceptors (Lipinski definition) is 4. The van der Waals surface area contributed by atoms with Crippen LogP contribution in [-0.2, 0) is 16.0 Å². The molecule has 2 aliphatic carbocycles. The first-order chi connectivity index (χ1) is 15.5. The number of esters is 1. The molecule has 5 rings (SSSR count). The molecular weight excluding hydrogens is 400 g/mol. The molecule has 32 heavy (non-hydrogen) atoms. The zero-order valence-corrected chi connectivity index (χ0v) is 19.3. The highest BCUT2D eigenvalue weighted by molar-refractivity contribution is 5.74. The molecule has 2 aromatic carbocycles. The highest BCUT2D eigenvalue weighted by Gasteiger charge is 2.33. The second-order valence-corrected chi connectivity index (χ2v) is 9.90. The number of allylic oxidation sites excluding steroid dienone is 2. The number of fused-ring (bicyclic) bond motifs is 2. The van der Waals surface area contributed by atoms with E-state index in [0.717, 1.165) is 29.9 Å². The molecule has 2 aromatic rings. The predicted molar refractivity (Wildman–Crippen MR) is 125 cm³/mol. The second kappa shape index (κ2) is 8.31. The van der Waals surface area contributed by atoms with Gasteiger partial charge < -0.3 is 14.2 Å². The van der Waals surface area contributed by atoms with Crippen molar-refractivity contribution in [3.8, 4) is 11.5 Å². The molecule has 3 aliphatic rings. The maximum Gasteiger partial charge on any atom is 0.306 e. The minimum absolute atomic E-state index is 0.0494. The van der Waals surface area contributed by atoms with E-state index in [1.54, 1.807) is 0 Å². The maximum atomic E-state index is 11.7. The van der Waals surface area contributed by atoms with Gasteiger partial charge in [-0.15, -0.1) is 0 Å². The zero-order valence-electron chi connectivity index (χ0n) is 19.3. The van der Waals surface area contributed by atoms with Crippen LogP contribution in [-0.4, -0.2) is 19.7 Å². The molecule has 1 unspecified atom stereocenters. The average molecular weight is 433 g/mol. The van der Waals surface area contributed by atoms with Gasteiger partial charge in [0, 0.05) is 17.5 Å². The highest BCUT2D eigenvalue weighted by atomic mass is 16.5. The molecule has 0 amide bonds. The quantitative estimate of drug-likeness (QED) is 0.514. The van der Waals surface area contributed by atoms with Crippen LogP contribution >= 0.6 is 0 Å². The third-order valence-corrected chi connectivity index (χ3v) is 7.37. The molecule has 1 heterocycles. The number of carbonyl (C=O) groups is 1. The van der Waals surface area contributed by atoms with E-state index >= 15 is 0 Å². The van der Waals surface area contributed by atoms with Crippen molar-refractivity contribution in [2.75, 3.05) is 13.7 Å². The molecule has 0 bridgehead atoms. The standard InChI is InChI=1S/C28H32O4/c1-28(2)14-5-4-9-24(28)22-7-6-8-23-21(22)12-13-25(23)32-19-10-11-20-18(15-27(29)30-3)17-31-26(20)16-19/h6-11,16,18,25H,4-5,12-15,17H2,1-3H3/t18?,25-/m1/s1. The normalized spacial score (nSPS) is 23.0. The Bertz CT molecular complexity index is 1070. The van der Waals surface area contributed by atoms with Crippen molar-refractivity contribution in [2.24, 2.45) is 5.41 Å². The van der Waals surface area contributed by atoms with E-state index in [0.29, 0.717) is 13.0 Å². The molecular formula is C28H32O4. The molecule has 0 N–H and O–H groups in total. The van der Waals surface area contributed by atoms with Gasteiger partial charge in [-0.05, 0) is 65.8 Å². The Hall–Kier alpha value is -2.75. The van der Waals surface area contributed by atoms with Crippen LogP contribution in [0.2, 0.25) is 0 Å². The lowest BCUT2D eigenvalue weighted by Gasteiger charge is -2.33. The smallest absolute Gasteiger partial charge is 0.306 e. The third kappa shape index (κ3) is 3.80. The molecule has 4 heteroatoms.